The van der Waals surface area contributed by atoms with Crippen LogP contribution in [-0.2, 0) is 0 Å². The maximum atomic E-state index is 5.63. The molecule has 0 spiro atoms. The van der Waals surface area contributed by atoms with Crippen LogP contribution in [0.25, 0.3) is 0 Å². The maximum Gasteiger partial charge on any atom is 0.191 e. The van der Waals surface area contributed by atoms with Crippen LogP contribution >= 0.6 is 11.8 Å². The van der Waals surface area contributed by atoms with E-state index in [4.69, 9.17) is 20.9 Å². The van der Waals surface area contributed by atoms with E-state index in [1.165, 1.54) is 17.8 Å². The second-order valence-electron chi connectivity index (χ2n) is 4.23. The molecule has 4 N–H and O–H groups in total. The predicted molar refractivity (Wildman–Crippen MR) is 84.7 cm³/mol. The molecule has 21 heavy (non-hydrogen) atoms. The third-order valence-electron chi connectivity index (χ3n) is 2.59. The van der Waals surface area contributed by atoms with Gasteiger partial charge in [-0.25, -0.2) is 9.97 Å². The molecule has 2 aromatic rings. The van der Waals surface area contributed by atoms with E-state index in [-0.39, 0.29) is 0 Å². The number of rotatable bonds is 7. The quantitative estimate of drug-likeness (QED) is 0.460. The molecule has 0 atom stereocenters. The lowest BCUT2D eigenvalue weighted by Crippen LogP contribution is -2.01. The molecule has 1 aromatic carbocycles. The van der Waals surface area contributed by atoms with Crippen LogP contribution in [0, 0.1) is 0 Å². The number of thioether (sulfide) groups is 1. The van der Waals surface area contributed by atoms with Crippen molar-refractivity contribution in [3.05, 3.63) is 30.3 Å². The van der Waals surface area contributed by atoms with Crippen molar-refractivity contribution < 1.29 is 9.47 Å². The van der Waals surface area contributed by atoms with Gasteiger partial charge < -0.3 is 20.9 Å². The van der Waals surface area contributed by atoms with E-state index in [0.29, 0.717) is 23.4 Å². The number of hydrogen-bond donors (Lipinski definition) is 2. The molecular weight excluding hydrogens is 288 g/mol. The molecule has 0 aliphatic heterocycles. The van der Waals surface area contributed by atoms with Gasteiger partial charge in [-0.1, -0.05) is 11.8 Å². The number of nitrogen functional groups attached to an aromatic ring is 2. The van der Waals surface area contributed by atoms with Crippen molar-refractivity contribution >= 4 is 23.4 Å². The van der Waals surface area contributed by atoms with Crippen molar-refractivity contribution in [1.29, 1.82) is 0 Å². The number of anilines is 2. The van der Waals surface area contributed by atoms with Gasteiger partial charge in [-0.3, -0.25) is 0 Å². The van der Waals surface area contributed by atoms with E-state index in [1.54, 1.807) is 7.11 Å². The lowest BCUT2D eigenvalue weighted by Gasteiger charge is -2.07. The monoisotopic (exact) mass is 306 g/mol. The minimum Gasteiger partial charge on any atom is -0.497 e. The Hall–Kier alpha value is -2.15. The summed E-state index contributed by atoms with van der Waals surface area (Å²) in [7, 11) is 1.64. The van der Waals surface area contributed by atoms with E-state index in [1.807, 2.05) is 24.3 Å². The molecule has 0 bridgehead atoms. The minimum atomic E-state index is 0.388. The number of nitrogens with two attached hydrogens (primary N) is 2. The predicted octanol–water partition coefficient (Wildman–Crippen LogP) is 2.21. The summed E-state index contributed by atoms with van der Waals surface area (Å²) in [5.74, 6) is 3.25. The molecule has 0 saturated heterocycles. The zero-order valence-corrected chi connectivity index (χ0v) is 12.6. The van der Waals surface area contributed by atoms with Crippen molar-refractivity contribution in [1.82, 2.24) is 9.97 Å². The highest BCUT2D eigenvalue weighted by atomic mass is 32.2. The van der Waals surface area contributed by atoms with Gasteiger partial charge in [-0.2, -0.15) is 0 Å². The van der Waals surface area contributed by atoms with Gasteiger partial charge in [0.05, 0.1) is 13.7 Å². The maximum absolute atomic E-state index is 5.63. The molecule has 0 aliphatic rings. The first kappa shape index (κ1) is 15.2. The average molecular weight is 306 g/mol. The molecule has 2 rings (SSSR count). The Labute approximate surface area is 127 Å². The van der Waals surface area contributed by atoms with Crippen LogP contribution in [0.1, 0.15) is 6.42 Å². The van der Waals surface area contributed by atoms with Crippen molar-refractivity contribution in [2.24, 2.45) is 0 Å². The van der Waals surface area contributed by atoms with E-state index in [2.05, 4.69) is 9.97 Å². The molecule has 0 fully saturated rings. The first-order chi connectivity index (χ1) is 10.2. The van der Waals surface area contributed by atoms with Crippen molar-refractivity contribution in [2.45, 2.75) is 11.6 Å². The van der Waals surface area contributed by atoms with Gasteiger partial charge in [-0.15, -0.1) is 0 Å². The lowest BCUT2D eigenvalue weighted by molar-refractivity contribution is 0.318. The molecule has 6 nitrogen and oxygen atoms in total. The Morgan fingerprint density at radius 3 is 2.29 bits per heavy atom. The molecule has 0 aliphatic carbocycles. The summed E-state index contributed by atoms with van der Waals surface area (Å²) >= 11 is 1.51. The topological polar surface area (TPSA) is 96.3 Å². The molecule has 1 heterocycles. The van der Waals surface area contributed by atoms with E-state index in [0.717, 1.165) is 23.7 Å². The summed E-state index contributed by atoms with van der Waals surface area (Å²) in [5.41, 5.74) is 11.2. The third kappa shape index (κ3) is 5.03. The fourth-order valence-electron chi connectivity index (χ4n) is 1.61. The average Bonchev–Trinajstić information content (AvgIpc) is 2.46. The summed E-state index contributed by atoms with van der Waals surface area (Å²) in [6, 6.07) is 9.04. The van der Waals surface area contributed by atoms with E-state index < -0.39 is 0 Å². The Balaban J connectivity index is 1.69. The van der Waals surface area contributed by atoms with Crippen molar-refractivity contribution in [3.8, 4) is 11.5 Å². The van der Waals surface area contributed by atoms with Gasteiger partial charge >= 0.3 is 0 Å². The van der Waals surface area contributed by atoms with Crippen molar-refractivity contribution in [3.63, 3.8) is 0 Å². The number of nitrogens with zero attached hydrogens (tertiary/aromatic N) is 2. The Morgan fingerprint density at radius 1 is 1.05 bits per heavy atom. The summed E-state index contributed by atoms with van der Waals surface area (Å²) in [6.07, 6.45) is 0.870. The van der Waals surface area contributed by atoms with Crippen LogP contribution in [0.5, 0.6) is 11.5 Å². The summed E-state index contributed by atoms with van der Waals surface area (Å²) in [6.45, 7) is 0.622. The van der Waals surface area contributed by atoms with Crippen molar-refractivity contribution in [2.75, 3.05) is 30.9 Å². The normalized spacial score (nSPS) is 10.3. The fourth-order valence-corrected chi connectivity index (χ4v) is 2.40. The number of ether oxygens (including phenoxy) is 2. The third-order valence-corrected chi connectivity index (χ3v) is 3.53. The first-order valence-corrected chi connectivity index (χ1v) is 7.45. The Kier molecular flexibility index (Phi) is 5.51. The number of hydrogen-bond acceptors (Lipinski definition) is 7. The molecule has 112 valence electrons. The molecule has 1 aromatic heterocycles. The first-order valence-electron chi connectivity index (χ1n) is 6.47. The highest BCUT2D eigenvalue weighted by molar-refractivity contribution is 7.99. The molecular formula is C14H18N4O2S. The highest BCUT2D eigenvalue weighted by Gasteiger charge is 2.01. The minimum absolute atomic E-state index is 0.388. The van der Waals surface area contributed by atoms with Crippen LogP contribution in [0.3, 0.4) is 0 Å². The van der Waals surface area contributed by atoms with Crippen LogP contribution < -0.4 is 20.9 Å². The zero-order valence-electron chi connectivity index (χ0n) is 11.8. The van der Waals surface area contributed by atoms with Crippen LogP contribution in [-0.4, -0.2) is 29.4 Å². The van der Waals surface area contributed by atoms with Gasteiger partial charge in [0.25, 0.3) is 0 Å². The van der Waals surface area contributed by atoms with E-state index in [9.17, 15) is 0 Å². The molecule has 7 heteroatoms. The lowest BCUT2D eigenvalue weighted by atomic mass is 10.3. The van der Waals surface area contributed by atoms with Crippen LogP contribution in [0.15, 0.2) is 35.5 Å². The molecule has 0 amide bonds. The van der Waals surface area contributed by atoms with Gasteiger partial charge in [0, 0.05) is 11.8 Å². The number of benzene rings is 1. The summed E-state index contributed by atoms with van der Waals surface area (Å²) < 4.78 is 10.7. The zero-order chi connectivity index (χ0) is 15.1. The van der Waals surface area contributed by atoms with E-state index >= 15 is 0 Å². The molecule has 0 radical (unpaired) electrons. The largest absolute Gasteiger partial charge is 0.497 e. The van der Waals surface area contributed by atoms with Gasteiger partial charge in [-0.05, 0) is 30.7 Å². The second-order valence-corrected chi connectivity index (χ2v) is 5.29. The van der Waals surface area contributed by atoms with Gasteiger partial charge in [0.15, 0.2) is 5.16 Å². The molecule has 0 saturated carbocycles. The Bertz CT molecular complexity index is 557. The van der Waals surface area contributed by atoms with Crippen LogP contribution in [0.2, 0.25) is 0 Å². The summed E-state index contributed by atoms with van der Waals surface area (Å²) in [5, 5.41) is 0.594. The van der Waals surface area contributed by atoms with Gasteiger partial charge in [0.1, 0.15) is 23.1 Å². The van der Waals surface area contributed by atoms with Gasteiger partial charge in [0.2, 0.25) is 0 Å². The molecule has 0 unspecified atom stereocenters. The second kappa shape index (κ2) is 7.58. The standard InChI is InChI=1S/C14H18N4O2S/c1-19-10-3-5-11(6-4-10)20-7-2-8-21-14-17-12(15)9-13(16)18-14/h3-6,9H,2,7-8H2,1H3,(H4,15,16,17,18). The van der Waals surface area contributed by atoms with Crippen LogP contribution in [0.4, 0.5) is 11.6 Å². The Morgan fingerprint density at radius 2 is 1.67 bits per heavy atom. The fraction of sp³-hybridized carbons (Fsp3) is 0.286. The number of aromatic nitrogens is 2. The summed E-state index contributed by atoms with van der Waals surface area (Å²) in [4.78, 5) is 8.21. The number of methoxy groups -OCH3 is 1. The SMILES string of the molecule is COc1ccc(OCCCSc2nc(N)cc(N)n2)cc1. The highest BCUT2D eigenvalue weighted by Crippen LogP contribution is 2.19. The smallest absolute Gasteiger partial charge is 0.191 e.